The van der Waals surface area contributed by atoms with Gasteiger partial charge in [0.1, 0.15) is 16.8 Å². The third-order valence-electron chi connectivity index (χ3n) is 4.12. The van der Waals surface area contributed by atoms with E-state index in [9.17, 15) is 0 Å². The number of aryl methyl sites for hydroxylation is 1. The Bertz CT molecular complexity index is 666. The van der Waals surface area contributed by atoms with E-state index in [1.807, 2.05) is 25.1 Å². The first-order valence-corrected chi connectivity index (χ1v) is 8.15. The zero-order chi connectivity index (χ0) is 15.5. The smallest absolute Gasteiger partial charge is 0.142 e. The fourth-order valence-corrected chi connectivity index (χ4v) is 3.34. The molecule has 0 bridgehead atoms. The van der Waals surface area contributed by atoms with E-state index in [1.54, 1.807) is 0 Å². The lowest BCUT2D eigenvalue weighted by Gasteiger charge is -2.18. The highest BCUT2D eigenvalue weighted by molar-refractivity contribution is 6.32. The standard InChI is InChI=1S/C17H21ClN4/c1-11-20-16(18)15(13-6-4-5-12(9-13)10-19)17(21-11)22-14-7-2-3-8-14/h4-6,9,14H,2-3,7-8,10,19H2,1H3,(H,20,21,22). The van der Waals surface area contributed by atoms with E-state index >= 15 is 0 Å². The maximum absolute atomic E-state index is 6.43. The summed E-state index contributed by atoms with van der Waals surface area (Å²) in [4.78, 5) is 8.92. The second-order valence-corrected chi connectivity index (χ2v) is 6.17. The lowest BCUT2D eigenvalue weighted by Crippen LogP contribution is -2.17. The Morgan fingerprint density at radius 1 is 1.27 bits per heavy atom. The molecule has 1 aromatic heterocycles. The molecule has 0 spiro atoms. The number of nitrogens with two attached hydrogens (primary N) is 1. The number of nitrogens with one attached hydrogen (secondary N) is 1. The van der Waals surface area contributed by atoms with Crippen LogP contribution in [0.15, 0.2) is 24.3 Å². The highest BCUT2D eigenvalue weighted by atomic mass is 35.5. The van der Waals surface area contributed by atoms with E-state index in [1.165, 1.54) is 25.7 Å². The van der Waals surface area contributed by atoms with Crippen molar-refractivity contribution >= 4 is 17.4 Å². The van der Waals surface area contributed by atoms with Crippen LogP contribution in [0.5, 0.6) is 0 Å². The van der Waals surface area contributed by atoms with Gasteiger partial charge in [0.2, 0.25) is 0 Å². The van der Waals surface area contributed by atoms with Gasteiger partial charge in [-0.1, -0.05) is 42.6 Å². The van der Waals surface area contributed by atoms with Crippen LogP contribution in [0.4, 0.5) is 5.82 Å². The van der Waals surface area contributed by atoms with Crippen molar-refractivity contribution < 1.29 is 0 Å². The lowest BCUT2D eigenvalue weighted by atomic mass is 10.0. The van der Waals surface area contributed by atoms with Crippen molar-refractivity contribution in [1.82, 2.24) is 9.97 Å². The first kappa shape index (κ1) is 15.3. The fraction of sp³-hybridized carbons (Fsp3) is 0.412. The summed E-state index contributed by atoms with van der Waals surface area (Å²) in [5.41, 5.74) is 8.70. The second kappa shape index (κ2) is 6.63. The van der Waals surface area contributed by atoms with Crippen LogP contribution in [0.2, 0.25) is 5.15 Å². The van der Waals surface area contributed by atoms with Gasteiger partial charge in [-0.25, -0.2) is 9.97 Å². The van der Waals surface area contributed by atoms with Gasteiger partial charge in [0, 0.05) is 12.6 Å². The average molecular weight is 317 g/mol. The van der Waals surface area contributed by atoms with E-state index in [0.29, 0.717) is 23.6 Å². The third-order valence-corrected chi connectivity index (χ3v) is 4.40. The summed E-state index contributed by atoms with van der Waals surface area (Å²) in [5, 5.41) is 4.05. The molecule has 1 aliphatic rings. The Kier molecular flexibility index (Phi) is 4.60. The third kappa shape index (κ3) is 3.23. The van der Waals surface area contributed by atoms with E-state index < -0.39 is 0 Å². The maximum Gasteiger partial charge on any atom is 0.142 e. The van der Waals surface area contributed by atoms with Crippen molar-refractivity contribution in [3.05, 3.63) is 40.8 Å². The largest absolute Gasteiger partial charge is 0.367 e. The van der Waals surface area contributed by atoms with Gasteiger partial charge >= 0.3 is 0 Å². The quantitative estimate of drug-likeness (QED) is 0.839. The minimum absolute atomic E-state index is 0.474. The Morgan fingerprint density at radius 3 is 2.77 bits per heavy atom. The molecule has 1 saturated carbocycles. The normalized spacial score (nSPS) is 15.2. The van der Waals surface area contributed by atoms with E-state index in [2.05, 4.69) is 21.4 Å². The fourth-order valence-electron chi connectivity index (χ4n) is 3.02. The molecule has 0 aliphatic heterocycles. The van der Waals surface area contributed by atoms with E-state index in [-0.39, 0.29) is 0 Å². The van der Waals surface area contributed by atoms with Gasteiger partial charge in [-0.15, -0.1) is 0 Å². The van der Waals surface area contributed by atoms with Crippen molar-refractivity contribution in [2.24, 2.45) is 5.73 Å². The number of aromatic nitrogens is 2. The molecule has 0 saturated heterocycles. The van der Waals surface area contributed by atoms with Crippen LogP contribution in [0.1, 0.15) is 37.1 Å². The Morgan fingerprint density at radius 2 is 2.05 bits per heavy atom. The molecule has 1 fully saturated rings. The van der Waals surface area contributed by atoms with Crippen LogP contribution in [-0.2, 0) is 6.54 Å². The number of nitrogens with zero attached hydrogens (tertiary/aromatic N) is 2. The van der Waals surface area contributed by atoms with Crippen LogP contribution >= 0.6 is 11.6 Å². The zero-order valence-corrected chi connectivity index (χ0v) is 13.5. The summed E-state index contributed by atoms with van der Waals surface area (Å²) in [6.45, 7) is 2.37. The summed E-state index contributed by atoms with van der Waals surface area (Å²) in [6.07, 6.45) is 4.91. The number of benzene rings is 1. The average Bonchev–Trinajstić information content (AvgIpc) is 2.99. The van der Waals surface area contributed by atoms with Crippen LogP contribution in [-0.4, -0.2) is 16.0 Å². The highest BCUT2D eigenvalue weighted by Gasteiger charge is 2.20. The number of rotatable bonds is 4. The van der Waals surface area contributed by atoms with Gasteiger partial charge < -0.3 is 11.1 Å². The van der Waals surface area contributed by atoms with Crippen molar-refractivity contribution in [3.8, 4) is 11.1 Å². The van der Waals surface area contributed by atoms with Crippen molar-refractivity contribution in [2.45, 2.75) is 45.2 Å². The first-order chi connectivity index (χ1) is 10.7. The molecule has 0 atom stereocenters. The Labute approximate surface area is 136 Å². The summed E-state index contributed by atoms with van der Waals surface area (Å²) < 4.78 is 0. The zero-order valence-electron chi connectivity index (χ0n) is 12.8. The molecule has 1 aliphatic carbocycles. The second-order valence-electron chi connectivity index (χ2n) is 5.82. The van der Waals surface area contributed by atoms with E-state index in [0.717, 1.165) is 22.5 Å². The van der Waals surface area contributed by atoms with Crippen molar-refractivity contribution in [1.29, 1.82) is 0 Å². The Balaban J connectivity index is 2.04. The van der Waals surface area contributed by atoms with Crippen LogP contribution < -0.4 is 11.1 Å². The number of hydrogen-bond donors (Lipinski definition) is 2. The molecule has 116 valence electrons. The molecule has 1 heterocycles. The lowest BCUT2D eigenvalue weighted by molar-refractivity contribution is 0.749. The van der Waals surface area contributed by atoms with Crippen LogP contribution in [0, 0.1) is 6.92 Å². The van der Waals surface area contributed by atoms with Gasteiger partial charge in [0.15, 0.2) is 0 Å². The van der Waals surface area contributed by atoms with Gasteiger partial charge in [-0.2, -0.15) is 0 Å². The van der Waals surface area contributed by atoms with Gasteiger partial charge in [0.25, 0.3) is 0 Å². The highest BCUT2D eigenvalue weighted by Crippen LogP contribution is 2.34. The summed E-state index contributed by atoms with van der Waals surface area (Å²) in [6, 6.07) is 8.56. The molecule has 1 aromatic carbocycles. The minimum atomic E-state index is 0.474. The topological polar surface area (TPSA) is 63.8 Å². The first-order valence-electron chi connectivity index (χ1n) is 7.77. The Hall–Kier alpha value is -1.65. The molecule has 0 unspecified atom stereocenters. The SMILES string of the molecule is Cc1nc(Cl)c(-c2cccc(CN)c2)c(NC2CCCC2)n1. The minimum Gasteiger partial charge on any atom is -0.367 e. The van der Waals surface area contributed by atoms with E-state index in [4.69, 9.17) is 17.3 Å². The number of anilines is 1. The predicted molar refractivity (Wildman–Crippen MR) is 91.0 cm³/mol. The molecule has 0 amide bonds. The molecule has 3 rings (SSSR count). The maximum atomic E-state index is 6.43. The predicted octanol–water partition coefficient (Wildman–Crippen LogP) is 3.92. The summed E-state index contributed by atoms with van der Waals surface area (Å²) >= 11 is 6.43. The van der Waals surface area contributed by atoms with Gasteiger partial charge in [-0.05, 0) is 37.0 Å². The molecule has 22 heavy (non-hydrogen) atoms. The van der Waals surface area contributed by atoms with Crippen LogP contribution in [0.25, 0.3) is 11.1 Å². The monoisotopic (exact) mass is 316 g/mol. The molecular formula is C17H21ClN4. The van der Waals surface area contributed by atoms with Crippen molar-refractivity contribution in [2.75, 3.05) is 5.32 Å². The summed E-state index contributed by atoms with van der Waals surface area (Å²) in [5.74, 6) is 1.52. The van der Waals surface area contributed by atoms with Gasteiger partial charge in [-0.3, -0.25) is 0 Å². The molecule has 3 N–H and O–H groups in total. The molecule has 0 radical (unpaired) electrons. The molecule has 4 nitrogen and oxygen atoms in total. The van der Waals surface area contributed by atoms with Gasteiger partial charge in [0.05, 0.1) is 5.56 Å². The number of halogens is 1. The molecule has 5 heteroatoms. The number of hydrogen-bond acceptors (Lipinski definition) is 4. The van der Waals surface area contributed by atoms with Crippen molar-refractivity contribution in [3.63, 3.8) is 0 Å². The molecular weight excluding hydrogens is 296 g/mol. The summed E-state index contributed by atoms with van der Waals surface area (Å²) in [7, 11) is 0. The molecule has 2 aromatic rings. The van der Waals surface area contributed by atoms with Crippen LogP contribution in [0.3, 0.4) is 0 Å².